The second-order valence-electron chi connectivity index (χ2n) is 3.45. The Morgan fingerprint density at radius 1 is 0.933 bits per heavy atom. The van der Waals surface area contributed by atoms with Crippen LogP contribution in [-0.2, 0) is 18.9 Å². The Kier molecular flexibility index (Phi) is 9.33. The number of methoxy groups -OCH3 is 4. The predicted molar refractivity (Wildman–Crippen MR) is 63.0 cm³/mol. The van der Waals surface area contributed by atoms with E-state index in [1.54, 1.807) is 28.4 Å². The molecule has 0 N–H and O–H groups in total. The average molecular weight is 236 g/mol. The summed E-state index contributed by atoms with van der Waals surface area (Å²) in [6, 6.07) is 2.47. The standard InChI is InChI=1S/C10H24O4Si/c1-11-7-5-8-15-9-6-10(12-2,13-3)14-4/h5-9,15H2,1-4H3. The fourth-order valence-electron chi connectivity index (χ4n) is 1.50. The van der Waals surface area contributed by atoms with Gasteiger partial charge in [0.05, 0.1) is 0 Å². The van der Waals surface area contributed by atoms with Crippen molar-refractivity contribution in [1.29, 1.82) is 0 Å². The van der Waals surface area contributed by atoms with Gasteiger partial charge in [0, 0.05) is 51.0 Å². The van der Waals surface area contributed by atoms with E-state index in [2.05, 4.69) is 0 Å². The second-order valence-corrected chi connectivity index (χ2v) is 5.57. The summed E-state index contributed by atoms with van der Waals surface area (Å²) in [5, 5.41) is 0. The first-order valence-electron chi connectivity index (χ1n) is 5.39. The Balaban J connectivity index is 3.54. The molecule has 0 rings (SSSR count). The van der Waals surface area contributed by atoms with E-state index in [1.807, 2.05) is 0 Å². The molecule has 0 spiro atoms. The monoisotopic (exact) mass is 236 g/mol. The zero-order valence-electron chi connectivity index (χ0n) is 10.4. The van der Waals surface area contributed by atoms with Crippen LogP contribution in [0.25, 0.3) is 0 Å². The molecule has 0 radical (unpaired) electrons. The summed E-state index contributed by atoms with van der Waals surface area (Å²) in [6.07, 6.45) is 1.98. The van der Waals surface area contributed by atoms with Crippen LogP contribution < -0.4 is 0 Å². The zero-order chi connectivity index (χ0) is 11.6. The van der Waals surface area contributed by atoms with Crippen LogP contribution >= 0.6 is 0 Å². The third-order valence-electron chi connectivity index (χ3n) is 2.51. The van der Waals surface area contributed by atoms with Crippen molar-refractivity contribution >= 4 is 9.52 Å². The minimum absolute atomic E-state index is 0.0368. The van der Waals surface area contributed by atoms with E-state index in [0.29, 0.717) is 0 Å². The Labute approximate surface area is 95.1 Å². The maximum Gasteiger partial charge on any atom is 0.281 e. The molecule has 0 bridgehead atoms. The summed E-state index contributed by atoms with van der Waals surface area (Å²) in [5.41, 5.74) is 0. The third-order valence-corrected chi connectivity index (χ3v) is 4.37. The second kappa shape index (κ2) is 9.29. The molecule has 5 heteroatoms. The number of rotatable bonds is 10. The molecule has 0 aromatic carbocycles. The minimum atomic E-state index is -0.825. The maximum absolute atomic E-state index is 5.22. The summed E-state index contributed by atoms with van der Waals surface area (Å²) in [6.45, 7) is 0.872. The molecule has 0 saturated heterocycles. The van der Waals surface area contributed by atoms with Crippen LogP contribution in [0.2, 0.25) is 12.1 Å². The van der Waals surface area contributed by atoms with Gasteiger partial charge >= 0.3 is 0 Å². The van der Waals surface area contributed by atoms with Crippen molar-refractivity contribution in [2.75, 3.05) is 35.0 Å². The minimum Gasteiger partial charge on any atom is -0.385 e. The van der Waals surface area contributed by atoms with Crippen molar-refractivity contribution in [3.05, 3.63) is 0 Å². The molecule has 15 heavy (non-hydrogen) atoms. The molecule has 0 aromatic heterocycles. The van der Waals surface area contributed by atoms with Gasteiger partial charge in [0.25, 0.3) is 5.97 Å². The lowest BCUT2D eigenvalue weighted by atomic mass is 10.4. The first-order valence-corrected chi connectivity index (χ1v) is 7.39. The summed E-state index contributed by atoms with van der Waals surface area (Å²) in [4.78, 5) is 0. The normalized spacial score (nSPS) is 12.8. The lowest BCUT2D eigenvalue weighted by Crippen LogP contribution is -2.36. The highest BCUT2D eigenvalue weighted by molar-refractivity contribution is 6.35. The van der Waals surface area contributed by atoms with Gasteiger partial charge in [-0.2, -0.15) is 0 Å². The molecule has 0 heterocycles. The van der Waals surface area contributed by atoms with E-state index in [-0.39, 0.29) is 9.52 Å². The molecule has 0 aromatic rings. The Morgan fingerprint density at radius 2 is 1.53 bits per heavy atom. The van der Waals surface area contributed by atoms with E-state index in [4.69, 9.17) is 18.9 Å². The highest BCUT2D eigenvalue weighted by Gasteiger charge is 2.28. The molecule has 0 amide bonds. The molecule has 0 saturated carbocycles. The van der Waals surface area contributed by atoms with Gasteiger partial charge in [0.2, 0.25) is 0 Å². The summed E-state index contributed by atoms with van der Waals surface area (Å²) >= 11 is 0. The first-order chi connectivity index (χ1) is 7.24. The Hall–Kier alpha value is 0.0569. The topological polar surface area (TPSA) is 36.9 Å². The van der Waals surface area contributed by atoms with Crippen molar-refractivity contribution in [3.8, 4) is 0 Å². The van der Waals surface area contributed by atoms with Crippen LogP contribution in [0.1, 0.15) is 12.8 Å². The summed E-state index contributed by atoms with van der Waals surface area (Å²) < 4.78 is 20.7. The smallest absolute Gasteiger partial charge is 0.281 e. The van der Waals surface area contributed by atoms with Gasteiger partial charge in [0.1, 0.15) is 0 Å². The van der Waals surface area contributed by atoms with Gasteiger partial charge < -0.3 is 18.9 Å². The Morgan fingerprint density at radius 3 is 2.00 bits per heavy atom. The van der Waals surface area contributed by atoms with E-state index >= 15 is 0 Å². The maximum atomic E-state index is 5.22. The van der Waals surface area contributed by atoms with Crippen molar-refractivity contribution < 1.29 is 18.9 Å². The fraction of sp³-hybridized carbons (Fsp3) is 1.00. The quantitative estimate of drug-likeness (QED) is 0.322. The van der Waals surface area contributed by atoms with Crippen LogP contribution in [0.5, 0.6) is 0 Å². The van der Waals surface area contributed by atoms with E-state index in [9.17, 15) is 0 Å². The van der Waals surface area contributed by atoms with Crippen LogP contribution in [0.15, 0.2) is 0 Å². The van der Waals surface area contributed by atoms with Gasteiger partial charge in [-0.05, 0) is 6.42 Å². The molecular weight excluding hydrogens is 212 g/mol. The first kappa shape index (κ1) is 15.1. The molecule has 4 nitrogen and oxygen atoms in total. The van der Waals surface area contributed by atoms with E-state index in [0.717, 1.165) is 13.0 Å². The van der Waals surface area contributed by atoms with Crippen molar-refractivity contribution in [2.45, 2.75) is 30.9 Å². The SMILES string of the molecule is COCCC[SiH2]CCC(OC)(OC)OC. The fourth-order valence-corrected chi connectivity index (χ4v) is 3.09. The predicted octanol–water partition coefficient (Wildman–Crippen LogP) is 1.01. The highest BCUT2D eigenvalue weighted by Crippen LogP contribution is 2.19. The molecular formula is C10H24O4Si. The third kappa shape index (κ3) is 6.27. The van der Waals surface area contributed by atoms with Crippen molar-refractivity contribution in [3.63, 3.8) is 0 Å². The largest absolute Gasteiger partial charge is 0.385 e. The molecule has 0 aliphatic rings. The lowest BCUT2D eigenvalue weighted by molar-refractivity contribution is -0.352. The van der Waals surface area contributed by atoms with Crippen LogP contribution in [0, 0.1) is 0 Å². The molecule has 0 fully saturated rings. The van der Waals surface area contributed by atoms with Gasteiger partial charge in [-0.15, -0.1) is 0 Å². The van der Waals surface area contributed by atoms with Gasteiger partial charge in [0.15, 0.2) is 0 Å². The number of hydrogen-bond acceptors (Lipinski definition) is 4. The highest BCUT2D eigenvalue weighted by atomic mass is 28.2. The molecule has 92 valence electrons. The summed E-state index contributed by atoms with van der Waals surface area (Å²) in [7, 11) is 6.54. The van der Waals surface area contributed by atoms with Gasteiger partial charge in [-0.3, -0.25) is 0 Å². The van der Waals surface area contributed by atoms with Crippen molar-refractivity contribution in [2.24, 2.45) is 0 Å². The Bertz CT molecular complexity index is 131. The molecule has 0 atom stereocenters. The summed E-state index contributed by atoms with van der Waals surface area (Å²) in [5.74, 6) is -0.825. The van der Waals surface area contributed by atoms with Crippen LogP contribution in [0.3, 0.4) is 0 Å². The lowest BCUT2D eigenvalue weighted by Gasteiger charge is -2.28. The van der Waals surface area contributed by atoms with Crippen LogP contribution in [-0.4, -0.2) is 50.5 Å². The average Bonchev–Trinajstić information content (AvgIpc) is 2.29. The number of ether oxygens (including phenoxy) is 4. The molecule has 0 aliphatic carbocycles. The van der Waals surface area contributed by atoms with Crippen LogP contribution in [0.4, 0.5) is 0 Å². The zero-order valence-corrected chi connectivity index (χ0v) is 11.8. The van der Waals surface area contributed by atoms with E-state index < -0.39 is 5.97 Å². The van der Waals surface area contributed by atoms with Crippen molar-refractivity contribution in [1.82, 2.24) is 0 Å². The molecule has 0 aliphatic heterocycles. The molecule has 0 unspecified atom stereocenters. The number of hydrogen-bond donors (Lipinski definition) is 0. The van der Waals surface area contributed by atoms with E-state index in [1.165, 1.54) is 18.5 Å². The van der Waals surface area contributed by atoms with Gasteiger partial charge in [-0.25, -0.2) is 0 Å². The van der Waals surface area contributed by atoms with Gasteiger partial charge in [-0.1, -0.05) is 12.1 Å².